The van der Waals surface area contributed by atoms with Crippen LogP contribution in [-0.4, -0.2) is 50.6 Å². The SMILES string of the molecule is C#Cc1ccc(I)c(N(P)c2ncnc3cc(OCCOC)c(OCCOC)cc23)c1. The molecular weight excluding hydrogens is 528 g/mol. The number of hydrogen-bond donors (Lipinski definition) is 0. The van der Waals surface area contributed by atoms with Gasteiger partial charge in [-0.15, -0.1) is 6.42 Å². The van der Waals surface area contributed by atoms with E-state index < -0.39 is 0 Å². The number of hydrogen-bond acceptors (Lipinski definition) is 7. The molecule has 3 rings (SSSR count). The predicted octanol–water partition coefficient (Wildman–Crippen LogP) is 4.19. The maximum atomic E-state index is 5.92. The van der Waals surface area contributed by atoms with Crippen LogP contribution in [0.15, 0.2) is 36.7 Å². The number of aromatic nitrogens is 2. The van der Waals surface area contributed by atoms with Gasteiger partial charge in [-0.05, 0) is 56.2 Å². The van der Waals surface area contributed by atoms with Crippen LogP contribution < -0.4 is 14.1 Å². The normalized spacial score (nSPS) is 10.7. The Balaban J connectivity index is 2.06. The molecule has 0 saturated heterocycles. The minimum Gasteiger partial charge on any atom is -0.487 e. The van der Waals surface area contributed by atoms with Gasteiger partial charge in [-0.3, -0.25) is 0 Å². The Morgan fingerprint density at radius 2 is 1.68 bits per heavy atom. The zero-order chi connectivity index (χ0) is 22.2. The van der Waals surface area contributed by atoms with E-state index in [1.54, 1.807) is 14.2 Å². The second kappa shape index (κ2) is 11.4. The molecule has 0 aliphatic carbocycles. The van der Waals surface area contributed by atoms with Crippen molar-refractivity contribution < 1.29 is 18.9 Å². The van der Waals surface area contributed by atoms with Crippen LogP contribution in [-0.2, 0) is 9.47 Å². The lowest BCUT2D eigenvalue weighted by Gasteiger charge is -2.22. The Labute approximate surface area is 197 Å². The zero-order valence-corrected chi connectivity index (χ0v) is 20.6. The molecule has 0 fully saturated rings. The molecule has 1 heterocycles. The van der Waals surface area contributed by atoms with Crippen molar-refractivity contribution in [1.82, 2.24) is 9.97 Å². The Morgan fingerprint density at radius 3 is 2.32 bits per heavy atom. The standard InChI is InChI=1S/C22H23IN3O4P/c1-4-15-5-6-17(23)19(11-15)26(31)22-16-12-20(29-9-7-27-2)21(30-10-8-28-3)13-18(16)24-14-25-22/h1,5-6,11-14H,7-10,31H2,2-3H3. The molecule has 0 spiro atoms. The summed E-state index contributed by atoms with van der Waals surface area (Å²) in [6.45, 7) is 1.71. The molecule has 0 bridgehead atoms. The lowest BCUT2D eigenvalue weighted by atomic mass is 10.2. The molecule has 0 amide bonds. The summed E-state index contributed by atoms with van der Waals surface area (Å²) >= 11 is 2.27. The maximum absolute atomic E-state index is 5.92. The van der Waals surface area contributed by atoms with E-state index in [4.69, 9.17) is 25.4 Å². The topological polar surface area (TPSA) is 65.9 Å². The van der Waals surface area contributed by atoms with E-state index in [2.05, 4.69) is 47.9 Å². The first-order valence-electron chi connectivity index (χ1n) is 9.42. The van der Waals surface area contributed by atoms with E-state index in [1.807, 2.05) is 35.0 Å². The van der Waals surface area contributed by atoms with Crippen molar-refractivity contribution in [2.45, 2.75) is 0 Å². The average Bonchev–Trinajstić information content (AvgIpc) is 2.79. The van der Waals surface area contributed by atoms with Gasteiger partial charge >= 0.3 is 0 Å². The first-order chi connectivity index (χ1) is 15.1. The molecule has 31 heavy (non-hydrogen) atoms. The quantitative estimate of drug-likeness (QED) is 0.162. The molecule has 2 aromatic carbocycles. The molecule has 0 aliphatic rings. The van der Waals surface area contributed by atoms with Crippen LogP contribution in [0.4, 0.5) is 11.5 Å². The van der Waals surface area contributed by atoms with Crippen molar-refractivity contribution in [3.05, 3.63) is 45.8 Å². The molecule has 0 aliphatic heterocycles. The number of halogens is 1. The zero-order valence-electron chi connectivity index (χ0n) is 17.3. The van der Waals surface area contributed by atoms with Gasteiger partial charge in [0.1, 0.15) is 25.4 Å². The van der Waals surface area contributed by atoms with E-state index in [0.29, 0.717) is 43.7 Å². The molecule has 0 saturated carbocycles. The Kier molecular flexibility index (Phi) is 8.67. The number of terminal acetylenes is 1. The van der Waals surface area contributed by atoms with Crippen LogP contribution in [0.1, 0.15) is 5.56 Å². The number of nitrogens with zero attached hydrogens (tertiary/aromatic N) is 3. The van der Waals surface area contributed by atoms with Gasteiger partial charge in [0.05, 0.1) is 24.4 Å². The van der Waals surface area contributed by atoms with Crippen LogP contribution in [0.25, 0.3) is 10.9 Å². The smallest absolute Gasteiger partial charge is 0.163 e. The fourth-order valence-corrected chi connectivity index (χ4v) is 4.12. The van der Waals surface area contributed by atoms with Crippen molar-refractivity contribution in [3.8, 4) is 23.8 Å². The van der Waals surface area contributed by atoms with Gasteiger partial charge in [0.25, 0.3) is 0 Å². The lowest BCUT2D eigenvalue weighted by Crippen LogP contribution is -2.10. The number of ether oxygens (including phenoxy) is 4. The first kappa shape index (κ1) is 23.5. The average molecular weight is 551 g/mol. The molecule has 7 nitrogen and oxygen atoms in total. The molecular formula is C22H23IN3O4P. The van der Waals surface area contributed by atoms with Crippen molar-refractivity contribution in [3.63, 3.8) is 0 Å². The summed E-state index contributed by atoms with van der Waals surface area (Å²) in [4.78, 5) is 8.95. The Morgan fingerprint density at radius 1 is 1.00 bits per heavy atom. The van der Waals surface area contributed by atoms with Gasteiger partial charge in [0, 0.05) is 34.8 Å². The van der Waals surface area contributed by atoms with Crippen molar-refractivity contribution >= 4 is 54.4 Å². The van der Waals surface area contributed by atoms with Gasteiger partial charge in [-0.1, -0.05) is 5.92 Å². The summed E-state index contributed by atoms with van der Waals surface area (Å²) in [6, 6.07) is 9.57. The van der Waals surface area contributed by atoms with Crippen LogP contribution in [0.3, 0.4) is 0 Å². The summed E-state index contributed by atoms with van der Waals surface area (Å²) < 4.78 is 24.9. The van der Waals surface area contributed by atoms with Crippen LogP contribution in [0.2, 0.25) is 0 Å². The molecule has 0 radical (unpaired) electrons. The van der Waals surface area contributed by atoms with Gasteiger partial charge in [-0.2, -0.15) is 0 Å². The molecule has 1 atom stereocenters. The second-order valence-electron chi connectivity index (χ2n) is 6.38. The molecule has 162 valence electrons. The monoisotopic (exact) mass is 551 g/mol. The summed E-state index contributed by atoms with van der Waals surface area (Å²) in [6.07, 6.45) is 7.11. The fourth-order valence-electron chi connectivity index (χ4n) is 2.84. The van der Waals surface area contributed by atoms with E-state index in [9.17, 15) is 0 Å². The highest BCUT2D eigenvalue weighted by Crippen LogP contribution is 2.39. The summed E-state index contributed by atoms with van der Waals surface area (Å²) in [5.74, 6) is 4.55. The van der Waals surface area contributed by atoms with Crippen LogP contribution >= 0.6 is 32.0 Å². The second-order valence-corrected chi connectivity index (χ2v) is 8.06. The molecule has 0 N–H and O–H groups in total. The Bertz CT molecular complexity index is 1090. The van der Waals surface area contributed by atoms with Gasteiger partial charge < -0.3 is 23.6 Å². The number of fused-ring (bicyclic) bond motifs is 1. The minimum absolute atomic E-state index is 0.387. The minimum atomic E-state index is 0.387. The lowest BCUT2D eigenvalue weighted by molar-refractivity contribution is 0.132. The third kappa shape index (κ3) is 5.74. The maximum Gasteiger partial charge on any atom is 0.163 e. The molecule has 1 aromatic heterocycles. The third-order valence-corrected chi connectivity index (χ3v) is 5.81. The van der Waals surface area contributed by atoms with Gasteiger partial charge in [0.15, 0.2) is 11.5 Å². The molecule has 1 unspecified atom stereocenters. The van der Waals surface area contributed by atoms with Crippen LogP contribution in [0, 0.1) is 15.9 Å². The predicted molar refractivity (Wildman–Crippen MR) is 133 cm³/mol. The highest BCUT2D eigenvalue weighted by atomic mass is 127. The highest BCUT2D eigenvalue weighted by molar-refractivity contribution is 14.1. The van der Waals surface area contributed by atoms with E-state index in [1.165, 1.54) is 6.33 Å². The largest absolute Gasteiger partial charge is 0.487 e. The number of anilines is 2. The van der Waals surface area contributed by atoms with Crippen LogP contribution in [0.5, 0.6) is 11.5 Å². The summed E-state index contributed by atoms with van der Waals surface area (Å²) in [5.41, 5.74) is 2.44. The Hall–Kier alpha value is -2.18. The first-order valence-corrected chi connectivity index (χ1v) is 11.0. The van der Waals surface area contributed by atoms with Gasteiger partial charge in [-0.25, -0.2) is 9.97 Å². The molecule has 3 aromatic rings. The fraction of sp³-hybridized carbons (Fsp3) is 0.273. The van der Waals surface area contributed by atoms with E-state index in [-0.39, 0.29) is 0 Å². The van der Waals surface area contributed by atoms with E-state index >= 15 is 0 Å². The van der Waals surface area contributed by atoms with Crippen molar-refractivity contribution in [2.24, 2.45) is 0 Å². The number of benzene rings is 2. The van der Waals surface area contributed by atoms with Gasteiger partial charge in [0.2, 0.25) is 0 Å². The van der Waals surface area contributed by atoms with Crippen molar-refractivity contribution in [2.75, 3.05) is 45.3 Å². The van der Waals surface area contributed by atoms with E-state index in [0.717, 1.165) is 25.7 Å². The van der Waals surface area contributed by atoms with Crippen molar-refractivity contribution in [1.29, 1.82) is 0 Å². The number of methoxy groups -OCH3 is 2. The highest BCUT2D eigenvalue weighted by Gasteiger charge is 2.17. The molecule has 9 heteroatoms. The number of rotatable bonds is 10. The third-order valence-electron chi connectivity index (χ3n) is 4.37. The summed E-state index contributed by atoms with van der Waals surface area (Å²) in [7, 11) is 5.96. The summed E-state index contributed by atoms with van der Waals surface area (Å²) in [5, 5.41) is 0.811.